The molecule has 1 amide bonds. The van der Waals surface area contributed by atoms with Crippen molar-refractivity contribution in [3.05, 3.63) is 44.6 Å². The van der Waals surface area contributed by atoms with E-state index in [0.29, 0.717) is 11.2 Å². The zero-order chi connectivity index (χ0) is 25.7. The van der Waals surface area contributed by atoms with Crippen molar-refractivity contribution in [1.82, 2.24) is 33.6 Å². The number of aromatic nitrogens is 7. The SMILES string of the molecule is Cc1sc(NC(=O)C(C)n2cnc3c2c(=O)n(C)c(=O)n3C)nc1-c1cncnc1N1CCC[C@@H]1C. The normalized spacial score (nSPS) is 16.6. The number of nitrogens with zero attached hydrogens (tertiary/aromatic N) is 8. The molecule has 4 aromatic heterocycles. The van der Waals surface area contributed by atoms with E-state index in [9.17, 15) is 14.4 Å². The Labute approximate surface area is 210 Å². The molecule has 1 fully saturated rings. The lowest BCUT2D eigenvalue weighted by Gasteiger charge is -2.24. The van der Waals surface area contributed by atoms with Crippen molar-refractivity contribution in [3.63, 3.8) is 0 Å². The molecule has 4 aromatic rings. The smallest absolute Gasteiger partial charge is 0.332 e. The third kappa shape index (κ3) is 3.79. The summed E-state index contributed by atoms with van der Waals surface area (Å²) in [5.74, 6) is 0.490. The van der Waals surface area contributed by atoms with Gasteiger partial charge in [-0.25, -0.2) is 24.7 Å². The van der Waals surface area contributed by atoms with Gasteiger partial charge in [0.05, 0.1) is 17.6 Å². The third-order valence-electron chi connectivity index (χ3n) is 6.77. The van der Waals surface area contributed by atoms with E-state index in [1.165, 1.54) is 40.9 Å². The van der Waals surface area contributed by atoms with E-state index < -0.39 is 17.3 Å². The van der Waals surface area contributed by atoms with Gasteiger partial charge < -0.3 is 14.8 Å². The number of carbonyl (C=O) groups excluding carboxylic acids is 1. The molecule has 36 heavy (non-hydrogen) atoms. The molecular formula is C23H27N9O3S. The number of thiazole rings is 1. The Morgan fingerprint density at radius 1 is 1.22 bits per heavy atom. The second kappa shape index (κ2) is 8.97. The van der Waals surface area contributed by atoms with Crippen LogP contribution in [0, 0.1) is 6.92 Å². The summed E-state index contributed by atoms with van der Waals surface area (Å²) >= 11 is 1.36. The Bertz CT molecular complexity index is 1600. The molecule has 0 bridgehead atoms. The maximum Gasteiger partial charge on any atom is 0.332 e. The molecule has 1 N–H and O–H groups in total. The summed E-state index contributed by atoms with van der Waals surface area (Å²) < 4.78 is 3.77. The molecule has 188 valence electrons. The van der Waals surface area contributed by atoms with Crippen LogP contribution in [0.15, 0.2) is 28.4 Å². The molecule has 1 unspecified atom stereocenters. The van der Waals surface area contributed by atoms with Gasteiger partial charge in [0.25, 0.3) is 5.56 Å². The molecule has 12 nitrogen and oxygen atoms in total. The summed E-state index contributed by atoms with van der Waals surface area (Å²) in [6, 6.07) is -0.385. The zero-order valence-corrected chi connectivity index (χ0v) is 21.5. The highest BCUT2D eigenvalue weighted by Crippen LogP contribution is 2.37. The highest BCUT2D eigenvalue weighted by Gasteiger charge is 2.27. The zero-order valence-electron chi connectivity index (χ0n) is 20.7. The summed E-state index contributed by atoms with van der Waals surface area (Å²) in [7, 11) is 2.94. The van der Waals surface area contributed by atoms with Crippen molar-refractivity contribution in [2.45, 2.75) is 45.7 Å². The van der Waals surface area contributed by atoms with Gasteiger partial charge in [0.1, 0.15) is 18.2 Å². The maximum absolute atomic E-state index is 13.2. The lowest BCUT2D eigenvalue weighted by atomic mass is 10.2. The summed E-state index contributed by atoms with van der Waals surface area (Å²) in [6.45, 7) is 6.73. The molecule has 0 radical (unpaired) electrons. The van der Waals surface area contributed by atoms with Gasteiger partial charge >= 0.3 is 5.69 Å². The number of imidazole rings is 1. The second-order valence-corrected chi connectivity index (χ2v) is 10.3. The number of hydrogen-bond acceptors (Lipinski definition) is 9. The summed E-state index contributed by atoms with van der Waals surface area (Å²) in [5, 5.41) is 3.31. The van der Waals surface area contributed by atoms with Gasteiger partial charge in [-0.3, -0.25) is 18.7 Å². The largest absolute Gasteiger partial charge is 0.353 e. The Morgan fingerprint density at radius 2 is 2.00 bits per heavy atom. The molecule has 2 atom stereocenters. The first kappa shape index (κ1) is 23.9. The predicted molar refractivity (Wildman–Crippen MR) is 137 cm³/mol. The fourth-order valence-electron chi connectivity index (χ4n) is 4.66. The van der Waals surface area contributed by atoms with Crippen LogP contribution in [-0.2, 0) is 18.9 Å². The minimum atomic E-state index is -0.770. The number of nitrogens with one attached hydrogen (secondary N) is 1. The number of hydrogen-bond donors (Lipinski definition) is 1. The fraction of sp³-hybridized carbons (Fsp3) is 0.435. The molecule has 0 aromatic carbocycles. The van der Waals surface area contributed by atoms with Crippen LogP contribution in [0.4, 0.5) is 10.9 Å². The van der Waals surface area contributed by atoms with Crippen LogP contribution in [0.1, 0.15) is 37.6 Å². The minimum Gasteiger partial charge on any atom is -0.353 e. The van der Waals surface area contributed by atoms with Crippen molar-refractivity contribution < 1.29 is 4.79 Å². The first-order valence-electron chi connectivity index (χ1n) is 11.7. The van der Waals surface area contributed by atoms with Crippen LogP contribution in [-0.4, -0.2) is 52.1 Å². The molecule has 1 aliphatic rings. The van der Waals surface area contributed by atoms with Crippen molar-refractivity contribution >= 4 is 39.4 Å². The fourth-order valence-corrected chi connectivity index (χ4v) is 5.49. The van der Waals surface area contributed by atoms with E-state index in [2.05, 4.69) is 32.1 Å². The van der Waals surface area contributed by atoms with Crippen molar-refractivity contribution in [3.8, 4) is 11.3 Å². The molecule has 0 saturated carbocycles. The quantitative estimate of drug-likeness (QED) is 0.431. The number of amides is 1. The van der Waals surface area contributed by atoms with Crippen LogP contribution < -0.4 is 21.5 Å². The Hall–Kier alpha value is -3.87. The highest BCUT2D eigenvalue weighted by molar-refractivity contribution is 7.16. The summed E-state index contributed by atoms with van der Waals surface area (Å²) in [5.41, 5.74) is 0.985. The summed E-state index contributed by atoms with van der Waals surface area (Å²) in [6.07, 6.45) is 6.94. The topological polar surface area (TPSA) is 133 Å². The van der Waals surface area contributed by atoms with Crippen molar-refractivity contribution in [2.75, 3.05) is 16.8 Å². The Kier molecular flexibility index (Phi) is 5.94. The van der Waals surface area contributed by atoms with Gasteiger partial charge in [-0.05, 0) is 33.6 Å². The van der Waals surface area contributed by atoms with Crippen LogP contribution in [0.25, 0.3) is 22.4 Å². The Balaban J connectivity index is 1.45. The lowest BCUT2D eigenvalue weighted by molar-refractivity contribution is -0.118. The first-order valence-corrected chi connectivity index (χ1v) is 12.5. The van der Waals surface area contributed by atoms with Crippen LogP contribution in [0.2, 0.25) is 0 Å². The molecule has 1 aliphatic heterocycles. The molecule has 0 aliphatic carbocycles. The van der Waals surface area contributed by atoms with E-state index in [1.807, 2.05) is 6.92 Å². The van der Waals surface area contributed by atoms with Gasteiger partial charge in [0, 0.05) is 37.8 Å². The van der Waals surface area contributed by atoms with Gasteiger partial charge in [-0.1, -0.05) is 0 Å². The standard InChI is InChI=1S/C23H27N9O3S/c1-12-7-6-8-31(12)18-15(9-24-10-25-18)16-14(3)36-22(27-16)28-20(33)13(2)32-11-26-19-17(32)21(34)30(5)23(35)29(19)4/h9-13H,6-8H2,1-5H3,(H,27,28,33)/t12-,13?/m0/s1. The van der Waals surface area contributed by atoms with Crippen molar-refractivity contribution in [2.24, 2.45) is 14.1 Å². The second-order valence-electron chi connectivity index (χ2n) is 9.06. The average Bonchev–Trinajstić information content (AvgIpc) is 3.59. The number of anilines is 2. The number of rotatable bonds is 5. The molecule has 1 saturated heterocycles. The van der Waals surface area contributed by atoms with E-state index in [1.54, 1.807) is 19.4 Å². The minimum absolute atomic E-state index is 0.184. The highest BCUT2D eigenvalue weighted by atomic mass is 32.1. The van der Waals surface area contributed by atoms with E-state index in [0.717, 1.165) is 45.9 Å². The van der Waals surface area contributed by atoms with Gasteiger partial charge in [-0.15, -0.1) is 11.3 Å². The molecule has 0 spiro atoms. The van der Waals surface area contributed by atoms with E-state index in [4.69, 9.17) is 4.98 Å². The predicted octanol–water partition coefficient (Wildman–Crippen LogP) is 1.84. The monoisotopic (exact) mass is 509 g/mol. The number of carbonyl (C=O) groups is 1. The third-order valence-corrected chi connectivity index (χ3v) is 7.65. The van der Waals surface area contributed by atoms with Crippen LogP contribution >= 0.6 is 11.3 Å². The Morgan fingerprint density at radius 3 is 2.72 bits per heavy atom. The molecule has 5 heterocycles. The molecule has 13 heteroatoms. The summed E-state index contributed by atoms with van der Waals surface area (Å²) in [4.78, 5) is 59.0. The van der Waals surface area contributed by atoms with E-state index in [-0.39, 0.29) is 17.1 Å². The van der Waals surface area contributed by atoms with Gasteiger partial charge in [-0.2, -0.15) is 0 Å². The lowest BCUT2D eigenvalue weighted by Crippen LogP contribution is -2.38. The van der Waals surface area contributed by atoms with E-state index >= 15 is 0 Å². The maximum atomic E-state index is 13.2. The first-order chi connectivity index (χ1) is 17.2. The van der Waals surface area contributed by atoms with Crippen LogP contribution in [0.5, 0.6) is 0 Å². The number of aryl methyl sites for hydroxylation is 2. The average molecular weight is 510 g/mol. The molecular weight excluding hydrogens is 482 g/mol. The number of fused-ring (bicyclic) bond motifs is 1. The van der Waals surface area contributed by atoms with Crippen LogP contribution in [0.3, 0.4) is 0 Å². The van der Waals surface area contributed by atoms with Crippen molar-refractivity contribution in [1.29, 1.82) is 0 Å². The molecule has 5 rings (SSSR count). The van der Waals surface area contributed by atoms with Gasteiger partial charge in [0.2, 0.25) is 5.91 Å². The van der Waals surface area contributed by atoms with Gasteiger partial charge in [0.15, 0.2) is 16.3 Å².